The maximum atomic E-state index is 12.5. The molecule has 1 aromatic rings. The number of nitriles is 1. The summed E-state index contributed by atoms with van der Waals surface area (Å²) in [5, 5.41) is 16.4. The third-order valence-corrected chi connectivity index (χ3v) is 5.37. The van der Waals surface area contributed by atoms with Crippen molar-refractivity contribution < 1.29 is 9.53 Å². The van der Waals surface area contributed by atoms with Crippen LogP contribution in [0.1, 0.15) is 35.8 Å². The minimum atomic E-state index is -0.0983. The first-order chi connectivity index (χ1) is 10.2. The van der Waals surface area contributed by atoms with Crippen LogP contribution < -0.4 is 10.6 Å². The van der Waals surface area contributed by atoms with Crippen molar-refractivity contribution in [1.29, 1.82) is 5.26 Å². The molecule has 2 aliphatic rings. The molecule has 5 nitrogen and oxygen atoms in total. The SMILES string of the molecule is CCC1OCCC1C(=O)Nc1sc2c(c1C#N)CCNC2. The van der Waals surface area contributed by atoms with E-state index in [0.29, 0.717) is 17.2 Å². The van der Waals surface area contributed by atoms with Gasteiger partial charge in [0.2, 0.25) is 5.91 Å². The third-order valence-electron chi connectivity index (χ3n) is 4.23. The minimum absolute atomic E-state index is 0.00629. The number of fused-ring (bicyclic) bond motifs is 1. The van der Waals surface area contributed by atoms with Crippen molar-refractivity contribution in [3.8, 4) is 6.07 Å². The van der Waals surface area contributed by atoms with Crippen LogP contribution >= 0.6 is 11.3 Å². The zero-order valence-corrected chi connectivity index (χ0v) is 12.9. The van der Waals surface area contributed by atoms with E-state index in [-0.39, 0.29) is 17.9 Å². The van der Waals surface area contributed by atoms with E-state index < -0.39 is 0 Å². The molecule has 1 fully saturated rings. The molecule has 1 amide bonds. The van der Waals surface area contributed by atoms with Gasteiger partial charge in [-0.15, -0.1) is 11.3 Å². The molecule has 1 saturated heterocycles. The highest BCUT2D eigenvalue weighted by molar-refractivity contribution is 7.16. The highest BCUT2D eigenvalue weighted by Gasteiger charge is 2.33. The van der Waals surface area contributed by atoms with Crippen LogP contribution in [0.15, 0.2) is 0 Å². The number of hydrogen-bond donors (Lipinski definition) is 2. The fourth-order valence-electron chi connectivity index (χ4n) is 3.10. The molecule has 0 aliphatic carbocycles. The Balaban J connectivity index is 1.80. The molecule has 3 heterocycles. The van der Waals surface area contributed by atoms with Gasteiger partial charge in [-0.3, -0.25) is 4.79 Å². The standard InChI is InChI=1S/C15H19N3O2S/c1-2-12-10(4-6-20-12)14(19)18-15-11(7-16)9-3-5-17-8-13(9)21-15/h10,12,17H,2-6,8H2,1H3,(H,18,19). The molecular formula is C15H19N3O2S. The number of thiophene rings is 1. The minimum Gasteiger partial charge on any atom is -0.377 e. The van der Waals surface area contributed by atoms with E-state index in [9.17, 15) is 10.1 Å². The lowest BCUT2D eigenvalue weighted by atomic mass is 9.98. The molecule has 0 radical (unpaired) electrons. The summed E-state index contributed by atoms with van der Waals surface area (Å²) in [5.41, 5.74) is 1.75. The van der Waals surface area contributed by atoms with Gasteiger partial charge in [0, 0.05) is 18.0 Å². The molecule has 3 rings (SSSR count). The summed E-state index contributed by atoms with van der Waals surface area (Å²) >= 11 is 1.52. The zero-order chi connectivity index (χ0) is 14.8. The topological polar surface area (TPSA) is 74.1 Å². The summed E-state index contributed by atoms with van der Waals surface area (Å²) < 4.78 is 5.58. The quantitative estimate of drug-likeness (QED) is 0.896. The second kappa shape index (κ2) is 6.14. The molecule has 1 aromatic heterocycles. The van der Waals surface area contributed by atoms with E-state index >= 15 is 0 Å². The van der Waals surface area contributed by atoms with Crippen LogP contribution in [0.3, 0.4) is 0 Å². The second-order valence-corrected chi connectivity index (χ2v) is 6.55. The predicted molar refractivity (Wildman–Crippen MR) is 81.2 cm³/mol. The Morgan fingerprint density at radius 1 is 1.62 bits per heavy atom. The number of amides is 1. The number of rotatable bonds is 3. The summed E-state index contributed by atoms with van der Waals surface area (Å²) in [6.07, 6.45) is 2.47. The van der Waals surface area contributed by atoms with E-state index in [4.69, 9.17) is 4.74 Å². The molecular weight excluding hydrogens is 286 g/mol. The monoisotopic (exact) mass is 305 g/mol. The molecule has 2 aliphatic heterocycles. The number of nitrogens with one attached hydrogen (secondary N) is 2. The smallest absolute Gasteiger partial charge is 0.230 e. The van der Waals surface area contributed by atoms with Crippen molar-refractivity contribution >= 4 is 22.2 Å². The van der Waals surface area contributed by atoms with E-state index in [1.54, 1.807) is 0 Å². The molecule has 112 valence electrons. The molecule has 0 saturated carbocycles. The van der Waals surface area contributed by atoms with Gasteiger partial charge in [0.15, 0.2) is 0 Å². The van der Waals surface area contributed by atoms with Gasteiger partial charge in [-0.05, 0) is 31.4 Å². The Morgan fingerprint density at radius 3 is 3.24 bits per heavy atom. The number of nitrogens with zero attached hydrogens (tertiary/aromatic N) is 1. The van der Waals surface area contributed by atoms with Gasteiger partial charge < -0.3 is 15.4 Å². The van der Waals surface area contributed by atoms with Crippen molar-refractivity contribution in [3.05, 3.63) is 16.0 Å². The summed E-state index contributed by atoms with van der Waals surface area (Å²) in [7, 11) is 0. The second-order valence-electron chi connectivity index (χ2n) is 5.45. The van der Waals surface area contributed by atoms with E-state index in [2.05, 4.69) is 16.7 Å². The Morgan fingerprint density at radius 2 is 2.48 bits per heavy atom. The Bertz CT molecular complexity index is 590. The fraction of sp³-hybridized carbons (Fsp3) is 0.600. The first-order valence-corrected chi connectivity index (χ1v) is 8.24. The molecule has 21 heavy (non-hydrogen) atoms. The lowest BCUT2D eigenvalue weighted by Gasteiger charge is -2.15. The Hall–Kier alpha value is -1.42. The van der Waals surface area contributed by atoms with Gasteiger partial charge in [0.1, 0.15) is 11.1 Å². The molecule has 2 atom stereocenters. The first-order valence-electron chi connectivity index (χ1n) is 7.42. The summed E-state index contributed by atoms with van der Waals surface area (Å²) in [5.74, 6) is -0.110. The fourth-order valence-corrected chi connectivity index (χ4v) is 4.27. The predicted octanol–water partition coefficient (Wildman–Crippen LogP) is 2.02. The van der Waals surface area contributed by atoms with E-state index in [0.717, 1.165) is 37.9 Å². The van der Waals surface area contributed by atoms with Crippen molar-refractivity contribution in [2.75, 3.05) is 18.5 Å². The van der Waals surface area contributed by atoms with E-state index in [1.807, 2.05) is 6.92 Å². The number of hydrogen-bond acceptors (Lipinski definition) is 5. The van der Waals surface area contributed by atoms with Crippen LogP contribution in [-0.4, -0.2) is 25.2 Å². The van der Waals surface area contributed by atoms with Crippen LogP contribution in [0.4, 0.5) is 5.00 Å². The first kappa shape index (κ1) is 14.5. The summed E-state index contributed by atoms with van der Waals surface area (Å²) in [4.78, 5) is 13.6. The van der Waals surface area contributed by atoms with Gasteiger partial charge in [-0.25, -0.2) is 0 Å². The average molecular weight is 305 g/mol. The normalized spacial score (nSPS) is 24.4. The van der Waals surface area contributed by atoms with Gasteiger partial charge in [0.05, 0.1) is 17.6 Å². The van der Waals surface area contributed by atoms with E-state index in [1.165, 1.54) is 16.2 Å². The lowest BCUT2D eigenvalue weighted by Crippen LogP contribution is -2.29. The van der Waals surface area contributed by atoms with Crippen LogP contribution in [0.5, 0.6) is 0 Å². The highest BCUT2D eigenvalue weighted by atomic mass is 32.1. The average Bonchev–Trinajstić information content (AvgIpc) is 3.10. The molecule has 0 spiro atoms. The van der Waals surface area contributed by atoms with Crippen LogP contribution in [-0.2, 0) is 22.5 Å². The molecule has 2 unspecified atom stereocenters. The largest absolute Gasteiger partial charge is 0.377 e. The molecule has 0 aromatic carbocycles. The number of ether oxygens (including phenoxy) is 1. The number of anilines is 1. The van der Waals surface area contributed by atoms with Crippen LogP contribution in [0.25, 0.3) is 0 Å². The Labute approximate surface area is 128 Å². The number of carbonyl (C=O) groups is 1. The van der Waals surface area contributed by atoms with Crippen LogP contribution in [0, 0.1) is 17.2 Å². The van der Waals surface area contributed by atoms with Gasteiger partial charge >= 0.3 is 0 Å². The molecule has 6 heteroatoms. The van der Waals surface area contributed by atoms with Gasteiger partial charge in [-0.2, -0.15) is 5.26 Å². The van der Waals surface area contributed by atoms with Crippen molar-refractivity contribution in [3.63, 3.8) is 0 Å². The number of carbonyl (C=O) groups excluding carboxylic acids is 1. The van der Waals surface area contributed by atoms with Crippen molar-refractivity contribution in [2.24, 2.45) is 5.92 Å². The summed E-state index contributed by atoms with van der Waals surface area (Å²) in [6, 6.07) is 2.26. The maximum Gasteiger partial charge on any atom is 0.230 e. The Kier molecular flexibility index (Phi) is 4.24. The third kappa shape index (κ3) is 2.69. The van der Waals surface area contributed by atoms with Crippen LogP contribution in [0.2, 0.25) is 0 Å². The lowest BCUT2D eigenvalue weighted by molar-refractivity contribution is -0.121. The molecule has 0 bridgehead atoms. The molecule has 2 N–H and O–H groups in total. The van der Waals surface area contributed by atoms with Crippen molar-refractivity contribution in [1.82, 2.24) is 5.32 Å². The van der Waals surface area contributed by atoms with Gasteiger partial charge in [0.25, 0.3) is 0 Å². The maximum absolute atomic E-state index is 12.5. The van der Waals surface area contributed by atoms with Crippen molar-refractivity contribution in [2.45, 2.75) is 38.8 Å². The zero-order valence-electron chi connectivity index (χ0n) is 12.1. The van der Waals surface area contributed by atoms with Gasteiger partial charge in [-0.1, -0.05) is 6.92 Å². The highest BCUT2D eigenvalue weighted by Crippen LogP contribution is 2.35. The summed E-state index contributed by atoms with van der Waals surface area (Å²) in [6.45, 7) is 4.36.